The summed E-state index contributed by atoms with van der Waals surface area (Å²) in [6.07, 6.45) is 0. The average Bonchev–Trinajstić information content (AvgIpc) is 2.30. The van der Waals surface area contributed by atoms with E-state index in [1.807, 2.05) is 51.1 Å². The van der Waals surface area contributed by atoms with Gasteiger partial charge in [0, 0.05) is 5.92 Å². The van der Waals surface area contributed by atoms with Gasteiger partial charge in [-0.3, -0.25) is 4.79 Å². The maximum absolute atomic E-state index is 12.1. The van der Waals surface area contributed by atoms with Gasteiger partial charge in [0.25, 0.3) is 0 Å². The van der Waals surface area contributed by atoms with Crippen molar-refractivity contribution in [3.8, 4) is 6.07 Å². The molecular weight excluding hydrogens is 198 g/mol. The van der Waals surface area contributed by atoms with Gasteiger partial charge >= 0.3 is 0 Å². The van der Waals surface area contributed by atoms with Gasteiger partial charge in [0.2, 0.25) is 0 Å². The summed E-state index contributed by atoms with van der Waals surface area (Å²) in [5, 5.41) is 9.11. The summed E-state index contributed by atoms with van der Waals surface area (Å²) >= 11 is 0. The predicted octanol–water partition coefficient (Wildman–Crippen LogP) is 3.15. The molecule has 0 N–H and O–H groups in total. The summed E-state index contributed by atoms with van der Waals surface area (Å²) in [6.45, 7) is 5.89. The van der Waals surface area contributed by atoms with Crippen molar-refractivity contribution in [3.05, 3.63) is 35.9 Å². The van der Waals surface area contributed by atoms with Gasteiger partial charge in [-0.2, -0.15) is 5.26 Å². The molecular formula is C14H17NO. The Balaban J connectivity index is 2.93. The standard InChI is InChI=1S/C14H17NO/c1-10(2)11(3)14(16)13(9-15)12-7-5-4-6-8-12/h4-8,10-11,13H,1-3H3. The van der Waals surface area contributed by atoms with E-state index in [2.05, 4.69) is 6.07 Å². The van der Waals surface area contributed by atoms with E-state index in [-0.39, 0.29) is 17.6 Å². The van der Waals surface area contributed by atoms with Gasteiger partial charge in [-0.15, -0.1) is 0 Å². The van der Waals surface area contributed by atoms with Crippen LogP contribution in [0.4, 0.5) is 0 Å². The normalized spacial score (nSPS) is 14.2. The zero-order valence-electron chi connectivity index (χ0n) is 9.97. The Morgan fingerprint density at radius 2 is 1.75 bits per heavy atom. The minimum Gasteiger partial charge on any atom is -0.298 e. The van der Waals surface area contributed by atoms with Crippen LogP contribution >= 0.6 is 0 Å². The van der Waals surface area contributed by atoms with E-state index in [1.165, 1.54) is 0 Å². The van der Waals surface area contributed by atoms with Crippen LogP contribution < -0.4 is 0 Å². The van der Waals surface area contributed by atoms with E-state index in [0.29, 0.717) is 0 Å². The molecule has 0 saturated heterocycles. The number of hydrogen-bond acceptors (Lipinski definition) is 2. The molecule has 0 saturated carbocycles. The van der Waals surface area contributed by atoms with Crippen LogP contribution in [-0.2, 0) is 4.79 Å². The Hall–Kier alpha value is -1.62. The van der Waals surface area contributed by atoms with Gasteiger partial charge in [-0.25, -0.2) is 0 Å². The number of Topliss-reactive ketones (excluding diaryl/α,β-unsaturated/α-hetero) is 1. The molecule has 0 aliphatic rings. The Morgan fingerprint density at radius 3 is 2.19 bits per heavy atom. The van der Waals surface area contributed by atoms with Gasteiger partial charge in [0.1, 0.15) is 5.92 Å². The van der Waals surface area contributed by atoms with E-state index < -0.39 is 5.92 Å². The molecule has 2 nitrogen and oxygen atoms in total. The Bertz CT molecular complexity index is 389. The van der Waals surface area contributed by atoms with Crippen molar-refractivity contribution in [3.63, 3.8) is 0 Å². The van der Waals surface area contributed by atoms with Crippen molar-refractivity contribution in [2.75, 3.05) is 0 Å². The number of hydrogen-bond donors (Lipinski definition) is 0. The lowest BCUT2D eigenvalue weighted by molar-refractivity contribution is -0.123. The van der Waals surface area contributed by atoms with Crippen LogP contribution in [0.5, 0.6) is 0 Å². The number of benzene rings is 1. The molecule has 0 bridgehead atoms. The second-order valence-electron chi connectivity index (χ2n) is 4.41. The highest BCUT2D eigenvalue weighted by atomic mass is 16.1. The third kappa shape index (κ3) is 2.70. The zero-order chi connectivity index (χ0) is 12.1. The molecule has 2 unspecified atom stereocenters. The van der Waals surface area contributed by atoms with Crippen LogP contribution in [0.25, 0.3) is 0 Å². The number of nitriles is 1. The molecule has 0 spiro atoms. The van der Waals surface area contributed by atoms with Crippen molar-refractivity contribution in [2.45, 2.75) is 26.7 Å². The molecule has 0 aromatic heterocycles. The predicted molar refractivity (Wildman–Crippen MR) is 63.8 cm³/mol. The van der Waals surface area contributed by atoms with Crippen LogP contribution in [0.2, 0.25) is 0 Å². The van der Waals surface area contributed by atoms with E-state index >= 15 is 0 Å². The molecule has 0 aliphatic carbocycles. The first-order valence-electron chi connectivity index (χ1n) is 5.56. The fourth-order valence-electron chi connectivity index (χ4n) is 1.54. The first-order chi connectivity index (χ1) is 7.57. The molecule has 16 heavy (non-hydrogen) atoms. The van der Waals surface area contributed by atoms with Crippen molar-refractivity contribution in [1.29, 1.82) is 5.26 Å². The molecule has 0 heterocycles. The Labute approximate surface area is 96.9 Å². The lowest BCUT2D eigenvalue weighted by Gasteiger charge is -2.17. The second-order valence-corrected chi connectivity index (χ2v) is 4.41. The van der Waals surface area contributed by atoms with Gasteiger partial charge in [-0.1, -0.05) is 51.1 Å². The first kappa shape index (κ1) is 12.4. The lowest BCUT2D eigenvalue weighted by Crippen LogP contribution is -2.23. The Kier molecular flexibility index (Phi) is 4.25. The van der Waals surface area contributed by atoms with Gasteiger partial charge < -0.3 is 0 Å². The maximum atomic E-state index is 12.1. The summed E-state index contributed by atoms with van der Waals surface area (Å²) in [5.74, 6) is -0.417. The van der Waals surface area contributed by atoms with Crippen molar-refractivity contribution < 1.29 is 4.79 Å². The quantitative estimate of drug-likeness (QED) is 0.774. The molecule has 0 amide bonds. The summed E-state index contributed by atoms with van der Waals surface area (Å²) < 4.78 is 0. The number of ketones is 1. The van der Waals surface area contributed by atoms with Crippen molar-refractivity contribution in [1.82, 2.24) is 0 Å². The Morgan fingerprint density at radius 1 is 1.19 bits per heavy atom. The number of carbonyl (C=O) groups is 1. The monoisotopic (exact) mass is 215 g/mol. The fourth-order valence-corrected chi connectivity index (χ4v) is 1.54. The highest BCUT2D eigenvalue weighted by molar-refractivity contribution is 5.90. The molecule has 0 fully saturated rings. The van der Waals surface area contributed by atoms with E-state index in [1.54, 1.807) is 0 Å². The van der Waals surface area contributed by atoms with Gasteiger partial charge in [0.15, 0.2) is 5.78 Å². The zero-order valence-corrected chi connectivity index (χ0v) is 9.97. The molecule has 2 atom stereocenters. The third-order valence-electron chi connectivity index (χ3n) is 3.00. The molecule has 1 aromatic rings. The SMILES string of the molecule is CC(C)C(C)C(=O)C(C#N)c1ccccc1. The summed E-state index contributed by atoms with van der Waals surface area (Å²) in [6, 6.07) is 11.4. The van der Waals surface area contributed by atoms with Gasteiger partial charge in [0.05, 0.1) is 6.07 Å². The van der Waals surface area contributed by atoms with Crippen LogP contribution in [0.15, 0.2) is 30.3 Å². The van der Waals surface area contributed by atoms with Crippen molar-refractivity contribution >= 4 is 5.78 Å². The molecule has 1 rings (SSSR count). The molecule has 1 aromatic carbocycles. The highest BCUT2D eigenvalue weighted by Crippen LogP contribution is 2.23. The average molecular weight is 215 g/mol. The minimum absolute atomic E-state index is 0.0173. The highest BCUT2D eigenvalue weighted by Gasteiger charge is 2.26. The molecule has 0 aliphatic heterocycles. The van der Waals surface area contributed by atoms with Gasteiger partial charge in [-0.05, 0) is 11.5 Å². The summed E-state index contributed by atoms with van der Waals surface area (Å²) in [4.78, 5) is 12.1. The lowest BCUT2D eigenvalue weighted by atomic mass is 9.84. The van der Waals surface area contributed by atoms with E-state index in [9.17, 15) is 4.79 Å². The number of rotatable bonds is 4. The third-order valence-corrected chi connectivity index (χ3v) is 3.00. The minimum atomic E-state index is -0.626. The molecule has 84 valence electrons. The van der Waals surface area contributed by atoms with Crippen LogP contribution in [0.3, 0.4) is 0 Å². The number of nitrogens with zero attached hydrogens (tertiary/aromatic N) is 1. The van der Waals surface area contributed by atoms with Crippen molar-refractivity contribution in [2.24, 2.45) is 11.8 Å². The topological polar surface area (TPSA) is 40.9 Å². The smallest absolute Gasteiger partial charge is 0.157 e. The molecule has 0 radical (unpaired) electrons. The molecule has 2 heteroatoms. The van der Waals surface area contributed by atoms with Crippen LogP contribution in [-0.4, -0.2) is 5.78 Å². The summed E-state index contributed by atoms with van der Waals surface area (Å²) in [5.41, 5.74) is 0.794. The van der Waals surface area contributed by atoms with E-state index in [0.717, 1.165) is 5.56 Å². The van der Waals surface area contributed by atoms with Crippen LogP contribution in [0, 0.1) is 23.2 Å². The maximum Gasteiger partial charge on any atom is 0.157 e. The van der Waals surface area contributed by atoms with Crippen LogP contribution in [0.1, 0.15) is 32.3 Å². The fraction of sp³-hybridized carbons (Fsp3) is 0.429. The second kappa shape index (κ2) is 5.46. The van der Waals surface area contributed by atoms with E-state index in [4.69, 9.17) is 5.26 Å². The first-order valence-corrected chi connectivity index (χ1v) is 5.56. The number of carbonyl (C=O) groups excluding carboxylic acids is 1. The summed E-state index contributed by atoms with van der Waals surface area (Å²) in [7, 11) is 0. The largest absolute Gasteiger partial charge is 0.298 e.